The van der Waals surface area contributed by atoms with E-state index in [0.717, 1.165) is 12.4 Å². The van der Waals surface area contributed by atoms with Crippen molar-refractivity contribution in [1.82, 2.24) is 9.97 Å². The molecule has 0 saturated heterocycles. The standard InChI is InChI=1S/C7H4ClF4N3O/c8-3-1-14-4(2-13-3)15-6(16)7(11,12)5(9)10/h1-2,5H,(H,14,15,16). The van der Waals surface area contributed by atoms with Gasteiger partial charge in [0.05, 0.1) is 12.4 Å². The van der Waals surface area contributed by atoms with E-state index in [1.54, 1.807) is 0 Å². The molecule has 0 saturated carbocycles. The molecule has 1 N–H and O–H groups in total. The number of rotatable bonds is 3. The van der Waals surface area contributed by atoms with E-state index in [2.05, 4.69) is 9.97 Å². The number of carbonyl (C=O) groups excluding carboxylic acids is 1. The summed E-state index contributed by atoms with van der Waals surface area (Å²) in [6.07, 6.45) is -2.26. The highest BCUT2D eigenvalue weighted by atomic mass is 35.5. The molecule has 4 nitrogen and oxygen atoms in total. The second-order valence-electron chi connectivity index (χ2n) is 2.60. The fraction of sp³-hybridized carbons (Fsp3) is 0.286. The molecule has 9 heteroatoms. The molecule has 1 rings (SSSR count). The van der Waals surface area contributed by atoms with Crippen LogP contribution < -0.4 is 5.32 Å². The average molecular weight is 258 g/mol. The summed E-state index contributed by atoms with van der Waals surface area (Å²) in [5, 5.41) is 1.46. The van der Waals surface area contributed by atoms with Gasteiger partial charge in [0, 0.05) is 0 Å². The first-order valence-corrected chi connectivity index (χ1v) is 4.17. The Hall–Kier alpha value is -1.44. The third-order valence-electron chi connectivity index (χ3n) is 1.44. The van der Waals surface area contributed by atoms with E-state index < -0.39 is 24.1 Å². The number of hydrogen-bond donors (Lipinski definition) is 1. The number of anilines is 1. The summed E-state index contributed by atoms with van der Waals surface area (Å²) in [6, 6.07) is 0. The lowest BCUT2D eigenvalue weighted by Gasteiger charge is -2.13. The van der Waals surface area contributed by atoms with Gasteiger partial charge in [-0.15, -0.1) is 0 Å². The maximum atomic E-state index is 12.5. The predicted octanol–water partition coefficient (Wildman–Crippen LogP) is 1.97. The SMILES string of the molecule is O=C(Nc1cnc(Cl)cn1)C(F)(F)C(F)F. The molecule has 0 fully saturated rings. The van der Waals surface area contributed by atoms with Gasteiger partial charge in [0.2, 0.25) is 0 Å². The Morgan fingerprint density at radius 3 is 2.44 bits per heavy atom. The number of amides is 1. The van der Waals surface area contributed by atoms with Crippen LogP contribution in [0, 0.1) is 0 Å². The summed E-state index contributed by atoms with van der Waals surface area (Å²) in [7, 11) is 0. The quantitative estimate of drug-likeness (QED) is 0.842. The van der Waals surface area contributed by atoms with Crippen molar-refractivity contribution in [3.05, 3.63) is 17.5 Å². The van der Waals surface area contributed by atoms with Gasteiger partial charge in [-0.1, -0.05) is 11.6 Å². The minimum absolute atomic E-state index is 0.0291. The fourth-order valence-corrected chi connectivity index (χ4v) is 0.773. The third kappa shape index (κ3) is 2.78. The molecule has 0 aliphatic heterocycles. The van der Waals surface area contributed by atoms with E-state index in [1.165, 1.54) is 5.32 Å². The van der Waals surface area contributed by atoms with Crippen LogP contribution in [-0.4, -0.2) is 28.2 Å². The minimum atomic E-state index is -4.78. The second kappa shape index (κ2) is 4.60. The van der Waals surface area contributed by atoms with E-state index in [1.807, 2.05) is 0 Å². The van der Waals surface area contributed by atoms with Gasteiger partial charge in [0.25, 0.3) is 0 Å². The van der Waals surface area contributed by atoms with Crippen LogP contribution in [0.1, 0.15) is 0 Å². The van der Waals surface area contributed by atoms with Gasteiger partial charge < -0.3 is 5.32 Å². The fourth-order valence-electron chi connectivity index (χ4n) is 0.676. The first-order chi connectivity index (χ1) is 7.34. The topological polar surface area (TPSA) is 54.9 Å². The summed E-state index contributed by atoms with van der Waals surface area (Å²) < 4.78 is 48.5. The Bertz CT molecular complexity index is 384. The van der Waals surface area contributed by atoms with Gasteiger partial charge in [0.15, 0.2) is 5.82 Å². The van der Waals surface area contributed by atoms with Crippen molar-refractivity contribution in [1.29, 1.82) is 0 Å². The van der Waals surface area contributed by atoms with Gasteiger partial charge in [-0.05, 0) is 0 Å². The molecule has 0 atom stereocenters. The number of hydrogen-bond acceptors (Lipinski definition) is 3. The zero-order chi connectivity index (χ0) is 12.3. The molecule has 0 radical (unpaired) electrons. The summed E-state index contributed by atoms with van der Waals surface area (Å²) >= 11 is 5.33. The van der Waals surface area contributed by atoms with E-state index in [4.69, 9.17) is 11.6 Å². The van der Waals surface area contributed by atoms with Gasteiger partial charge >= 0.3 is 18.3 Å². The minimum Gasteiger partial charge on any atom is -0.304 e. The van der Waals surface area contributed by atoms with E-state index in [0.29, 0.717) is 0 Å². The van der Waals surface area contributed by atoms with Crippen LogP contribution in [0.3, 0.4) is 0 Å². The molecule has 0 aromatic carbocycles. The van der Waals surface area contributed by atoms with Crippen LogP contribution in [0.5, 0.6) is 0 Å². The summed E-state index contributed by atoms with van der Waals surface area (Å²) in [4.78, 5) is 17.5. The molecule has 1 aromatic heterocycles. The number of alkyl halides is 4. The van der Waals surface area contributed by atoms with Crippen molar-refractivity contribution >= 4 is 23.3 Å². The predicted molar refractivity (Wildman–Crippen MR) is 46.6 cm³/mol. The van der Waals surface area contributed by atoms with E-state index in [-0.39, 0.29) is 5.15 Å². The van der Waals surface area contributed by atoms with Crippen molar-refractivity contribution < 1.29 is 22.4 Å². The van der Waals surface area contributed by atoms with Crippen molar-refractivity contribution in [2.45, 2.75) is 12.3 Å². The highest BCUT2D eigenvalue weighted by molar-refractivity contribution is 6.29. The second-order valence-corrected chi connectivity index (χ2v) is 2.99. The largest absolute Gasteiger partial charge is 0.383 e. The maximum Gasteiger partial charge on any atom is 0.383 e. The Morgan fingerprint density at radius 1 is 1.38 bits per heavy atom. The lowest BCUT2D eigenvalue weighted by Crippen LogP contribution is -2.41. The molecule has 1 amide bonds. The Labute approximate surface area is 91.6 Å². The normalized spacial score (nSPS) is 11.6. The van der Waals surface area contributed by atoms with Gasteiger partial charge in [0.1, 0.15) is 5.15 Å². The van der Waals surface area contributed by atoms with Crippen LogP contribution in [0.15, 0.2) is 12.4 Å². The number of carbonyl (C=O) groups is 1. The van der Waals surface area contributed by atoms with Crippen molar-refractivity contribution in [2.24, 2.45) is 0 Å². The molecule has 16 heavy (non-hydrogen) atoms. The van der Waals surface area contributed by atoms with Crippen molar-refractivity contribution in [2.75, 3.05) is 5.32 Å². The van der Waals surface area contributed by atoms with Gasteiger partial charge in [-0.3, -0.25) is 4.79 Å². The highest BCUT2D eigenvalue weighted by Gasteiger charge is 2.49. The number of halogens is 5. The Kier molecular flexibility index (Phi) is 3.63. The van der Waals surface area contributed by atoms with Crippen LogP contribution >= 0.6 is 11.6 Å². The number of nitrogens with one attached hydrogen (secondary N) is 1. The molecule has 0 unspecified atom stereocenters. The van der Waals surface area contributed by atoms with E-state index in [9.17, 15) is 22.4 Å². The first-order valence-electron chi connectivity index (χ1n) is 3.79. The zero-order valence-corrected chi connectivity index (χ0v) is 8.18. The van der Waals surface area contributed by atoms with E-state index >= 15 is 0 Å². The monoisotopic (exact) mass is 257 g/mol. The van der Waals surface area contributed by atoms with Crippen LogP contribution in [0.25, 0.3) is 0 Å². The molecule has 88 valence electrons. The molecular formula is C7H4ClF4N3O. The lowest BCUT2D eigenvalue weighted by molar-refractivity contribution is -0.163. The molecular weight excluding hydrogens is 254 g/mol. The Balaban J connectivity index is 2.75. The molecule has 1 heterocycles. The molecule has 0 aliphatic carbocycles. The average Bonchev–Trinajstić information content (AvgIpc) is 2.21. The maximum absolute atomic E-state index is 12.5. The van der Waals surface area contributed by atoms with Crippen molar-refractivity contribution in [3.8, 4) is 0 Å². The Morgan fingerprint density at radius 2 is 2.00 bits per heavy atom. The summed E-state index contributed by atoms with van der Waals surface area (Å²) in [5.74, 6) is -7.32. The number of aromatic nitrogens is 2. The highest BCUT2D eigenvalue weighted by Crippen LogP contribution is 2.24. The smallest absolute Gasteiger partial charge is 0.304 e. The molecule has 0 aliphatic rings. The van der Waals surface area contributed by atoms with Crippen molar-refractivity contribution in [3.63, 3.8) is 0 Å². The van der Waals surface area contributed by atoms with Crippen LogP contribution in [0.2, 0.25) is 5.15 Å². The zero-order valence-electron chi connectivity index (χ0n) is 7.42. The molecule has 0 bridgehead atoms. The number of nitrogens with zero attached hydrogens (tertiary/aromatic N) is 2. The lowest BCUT2D eigenvalue weighted by atomic mass is 10.3. The van der Waals surface area contributed by atoms with Gasteiger partial charge in [-0.25, -0.2) is 18.7 Å². The van der Waals surface area contributed by atoms with Gasteiger partial charge in [-0.2, -0.15) is 8.78 Å². The summed E-state index contributed by atoms with van der Waals surface area (Å²) in [5.41, 5.74) is 0. The van der Waals surface area contributed by atoms with Crippen LogP contribution in [0.4, 0.5) is 23.4 Å². The van der Waals surface area contributed by atoms with Crippen LogP contribution in [-0.2, 0) is 4.79 Å². The molecule has 0 spiro atoms. The summed E-state index contributed by atoms with van der Waals surface area (Å²) in [6.45, 7) is 0. The molecule has 1 aromatic rings. The first kappa shape index (κ1) is 12.6. The third-order valence-corrected chi connectivity index (χ3v) is 1.63.